The Hall–Kier alpha value is -3.78. The number of carbonyl (C=O) groups excluding carboxylic acids is 2. The molecule has 4 heterocycles. The Morgan fingerprint density at radius 2 is 1.95 bits per heavy atom. The second-order valence-corrected chi connectivity index (χ2v) is 9.92. The fourth-order valence-electron chi connectivity index (χ4n) is 4.94. The summed E-state index contributed by atoms with van der Waals surface area (Å²) in [5.41, 5.74) is 1.46. The first-order valence-electron chi connectivity index (χ1n) is 12.2. The summed E-state index contributed by atoms with van der Waals surface area (Å²) in [4.78, 5) is 30.8. The van der Waals surface area contributed by atoms with Crippen LogP contribution in [0.1, 0.15) is 72.1 Å². The van der Waals surface area contributed by atoms with Gasteiger partial charge in [-0.1, -0.05) is 5.16 Å². The van der Waals surface area contributed by atoms with E-state index in [1.165, 1.54) is 10.7 Å². The number of nitrogens with one attached hydrogen (secondary N) is 2. The van der Waals surface area contributed by atoms with E-state index in [9.17, 15) is 27.2 Å². The number of fused-ring (bicyclic) bond motifs is 1. The van der Waals surface area contributed by atoms with E-state index in [1.54, 1.807) is 26.1 Å². The van der Waals surface area contributed by atoms with Gasteiger partial charge in [0.15, 0.2) is 11.3 Å². The molecule has 1 aliphatic heterocycles. The Bertz CT molecular complexity index is 1350. The first-order valence-corrected chi connectivity index (χ1v) is 12.2. The number of imidazole rings is 1. The van der Waals surface area contributed by atoms with Gasteiger partial charge in [-0.05, 0) is 49.4 Å². The van der Waals surface area contributed by atoms with Crippen LogP contribution < -0.4 is 10.6 Å². The lowest BCUT2D eigenvalue weighted by molar-refractivity contribution is -0.0495. The topological polar surface area (TPSA) is 131 Å². The molecule has 1 saturated heterocycles. The SMILES string of the molecule is Cc1nonc1C(=O)N[C@H](c1cn2ncc([C@H](C)N3CC(F)(F)CNC3=O)cc2n1)C1CCC(F)(F)CC1. The highest BCUT2D eigenvalue weighted by Gasteiger charge is 2.42. The molecule has 3 aromatic heterocycles. The van der Waals surface area contributed by atoms with Crippen molar-refractivity contribution < 1.29 is 31.8 Å². The fraction of sp³-hybridized carbons (Fsp3) is 0.565. The minimum Gasteiger partial charge on any atom is -0.342 e. The van der Waals surface area contributed by atoms with Crippen LogP contribution in [0.4, 0.5) is 22.4 Å². The van der Waals surface area contributed by atoms with Gasteiger partial charge < -0.3 is 15.5 Å². The van der Waals surface area contributed by atoms with E-state index in [-0.39, 0.29) is 43.0 Å². The molecule has 3 amide bonds. The zero-order valence-corrected chi connectivity index (χ0v) is 20.6. The van der Waals surface area contributed by atoms with Crippen LogP contribution in [0.5, 0.6) is 0 Å². The minimum absolute atomic E-state index is 0.0225. The molecule has 11 nitrogen and oxygen atoms in total. The summed E-state index contributed by atoms with van der Waals surface area (Å²) in [6.07, 6.45) is 2.72. The molecule has 204 valence electrons. The molecule has 38 heavy (non-hydrogen) atoms. The number of aromatic nitrogens is 5. The van der Waals surface area contributed by atoms with Crippen molar-refractivity contribution in [1.29, 1.82) is 0 Å². The van der Waals surface area contributed by atoms with Gasteiger partial charge in [-0.2, -0.15) is 5.10 Å². The Morgan fingerprint density at radius 1 is 1.21 bits per heavy atom. The molecule has 2 aliphatic rings. The van der Waals surface area contributed by atoms with Gasteiger partial charge in [-0.3, -0.25) is 4.79 Å². The monoisotopic (exact) mass is 538 g/mol. The number of carbonyl (C=O) groups is 2. The molecule has 0 bridgehead atoms. The van der Waals surface area contributed by atoms with Crippen LogP contribution in [0.25, 0.3) is 5.65 Å². The van der Waals surface area contributed by atoms with Crippen LogP contribution >= 0.6 is 0 Å². The van der Waals surface area contributed by atoms with Gasteiger partial charge in [0.2, 0.25) is 5.92 Å². The predicted molar refractivity (Wildman–Crippen MR) is 123 cm³/mol. The van der Waals surface area contributed by atoms with Crippen molar-refractivity contribution in [2.24, 2.45) is 5.92 Å². The van der Waals surface area contributed by atoms with Crippen LogP contribution in [0, 0.1) is 12.8 Å². The number of nitrogens with zero attached hydrogens (tertiary/aromatic N) is 6. The number of rotatable bonds is 6. The molecule has 3 aromatic rings. The van der Waals surface area contributed by atoms with Gasteiger partial charge in [0.1, 0.15) is 5.69 Å². The molecule has 0 radical (unpaired) electrons. The van der Waals surface area contributed by atoms with Crippen molar-refractivity contribution >= 4 is 17.6 Å². The molecule has 15 heteroatoms. The second kappa shape index (κ2) is 9.51. The molecule has 1 saturated carbocycles. The largest absolute Gasteiger partial charge is 0.342 e. The van der Waals surface area contributed by atoms with Gasteiger partial charge in [-0.25, -0.2) is 36.5 Å². The Kier molecular flexibility index (Phi) is 6.47. The van der Waals surface area contributed by atoms with Crippen molar-refractivity contribution in [2.45, 2.75) is 63.5 Å². The summed E-state index contributed by atoms with van der Waals surface area (Å²) >= 11 is 0. The van der Waals surface area contributed by atoms with E-state index in [0.717, 1.165) is 4.90 Å². The van der Waals surface area contributed by atoms with E-state index in [0.29, 0.717) is 16.9 Å². The molecule has 2 N–H and O–H groups in total. The molecule has 0 aromatic carbocycles. The quantitative estimate of drug-likeness (QED) is 0.460. The lowest BCUT2D eigenvalue weighted by atomic mass is 9.81. The molecule has 2 fully saturated rings. The van der Waals surface area contributed by atoms with Gasteiger partial charge in [0.25, 0.3) is 11.8 Å². The summed E-state index contributed by atoms with van der Waals surface area (Å²) in [6, 6.07) is -0.455. The number of alkyl halides is 4. The molecule has 5 rings (SSSR count). The van der Waals surface area contributed by atoms with Gasteiger partial charge >= 0.3 is 6.03 Å². The summed E-state index contributed by atoms with van der Waals surface area (Å²) in [7, 11) is 0. The van der Waals surface area contributed by atoms with Crippen molar-refractivity contribution in [3.05, 3.63) is 41.1 Å². The van der Waals surface area contributed by atoms with Crippen LogP contribution in [0.15, 0.2) is 23.1 Å². The van der Waals surface area contributed by atoms with Crippen molar-refractivity contribution in [1.82, 2.24) is 40.4 Å². The number of halogens is 4. The van der Waals surface area contributed by atoms with Crippen molar-refractivity contribution in [2.75, 3.05) is 13.1 Å². The van der Waals surface area contributed by atoms with E-state index >= 15 is 0 Å². The average molecular weight is 539 g/mol. The third-order valence-corrected chi connectivity index (χ3v) is 7.18. The molecule has 2 atom stereocenters. The van der Waals surface area contributed by atoms with Crippen LogP contribution in [0.3, 0.4) is 0 Å². The van der Waals surface area contributed by atoms with Gasteiger partial charge in [0.05, 0.1) is 43.3 Å². The Balaban J connectivity index is 1.43. The first kappa shape index (κ1) is 25.9. The van der Waals surface area contributed by atoms with Crippen molar-refractivity contribution in [3.63, 3.8) is 0 Å². The first-order chi connectivity index (χ1) is 17.9. The average Bonchev–Trinajstić information content (AvgIpc) is 3.49. The summed E-state index contributed by atoms with van der Waals surface area (Å²) < 4.78 is 61.6. The lowest BCUT2D eigenvalue weighted by Crippen LogP contribution is -2.57. The zero-order valence-electron chi connectivity index (χ0n) is 20.6. The highest BCUT2D eigenvalue weighted by Crippen LogP contribution is 2.41. The molecule has 1 aliphatic carbocycles. The molecule has 0 unspecified atom stereocenters. The Labute approximate surface area is 213 Å². The third kappa shape index (κ3) is 5.13. The smallest absolute Gasteiger partial charge is 0.318 e. The molecular weight excluding hydrogens is 512 g/mol. The summed E-state index contributed by atoms with van der Waals surface area (Å²) in [5.74, 6) is -6.75. The van der Waals surface area contributed by atoms with E-state index in [4.69, 9.17) is 0 Å². The highest BCUT2D eigenvalue weighted by atomic mass is 19.3. The maximum Gasteiger partial charge on any atom is 0.318 e. The van der Waals surface area contributed by atoms with Gasteiger partial charge in [-0.15, -0.1) is 0 Å². The van der Waals surface area contributed by atoms with E-state index in [1.807, 2.05) is 0 Å². The minimum atomic E-state index is -3.07. The number of amides is 3. The van der Waals surface area contributed by atoms with Crippen LogP contribution in [-0.2, 0) is 0 Å². The fourth-order valence-corrected chi connectivity index (χ4v) is 4.94. The third-order valence-electron chi connectivity index (χ3n) is 7.18. The van der Waals surface area contributed by atoms with Crippen LogP contribution in [-0.4, -0.2) is 66.7 Å². The molecular formula is C23H26F4N8O3. The Morgan fingerprint density at radius 3 is 2.63 bits per heavy atom. The zero-order chi connectivity index (χ0) is 27.2. The summed E-state index contributed by atoms with van der Waals surface area (Å²) in [6.45, 7) is 1.71. The number of hydrogen-bond acceptors (Lipinski definition) is 7. The number of aryl methyl sites for hydroxylation is 1. The normalized spacial score (nSPS) is 21.2. The number of urea groups is 1. The van der Waals surface area contributed by atoms with E-state index < -0.39 is 49.0 Å². The highest BCUT2D eigenvalue weighted by molar-refractivity contribution is 5.93. The predicted octanol–water partition coefficient (Wildman–Crippen LogP) is 3.44. The van der Waals surface area contributed by atoms with Crippen LogP contribution in [0.2, 0.25) is 0 Å². The van der Waals surface area contributed by atoms with Gasteiger partial charge in [0, 0.05) is 12.8 Å². The maximum atomic E-state index is 13.9. The number of hydrogen-bond donors (Lipinski definition) is 2. The lowest BCUT2D eigenvalue weighted by Gasteiger charge is -2.36. The van der Waals surface area contributed by atoms with Crippen molar-refractivity contribution in [3.8, 4) is 0 Å². The van der Waals surface area contributed by atoms with E-state index in [2.05, 4.69) is 35.7 Å². The second-order valence-electron chi connectivity index (χ2n) is 9.92. The maximum absolute atomic E-state index is 13.9. The summed E-state index contributed by atoms with van der Waals surface area (Å²) in [5, 5.41) is 16.6. The standard InChI is InChI=1S/C23H26F4N8O3/c1-12-18(33-38-32-12)20(36)31-19(14-3-5-22(24,25)6-4-14)16-9-35-17(30-16)7-15(8-29-35)13(2)34-11-23(26,27)10-28-21(34)37/h7-9,13-14,19H,3-6,10-11H2,1-2H3,(H,28,37)(H,31,36)/t13-,19-/m0/s1. The molecule has 0 spiro atoms.